The van der Waals surface area contributed by atoms with Crippen LogP contribution >= 0.6 is 11.3 Å². The Morgan fingerprint density at radius 2 is 1.87 bits per heavy atom. The van der Waals surface area contributed by atoms with Gasteiger partial charge in [-0.1, -0.05) is 6.07 Å². The van der Waals surface area contributed by atoms with Gasteiger partial charge < -0.3 is 10.6 Å². The highest BCUT2D eigenvalue weighted by molar-refractivity contribution is 7.17. The first-order valence-electron chi connectivity index (χ1n) is 10.2. The van der Waals surface area contributed by atoms with Gasteiger partial charge in [0.1, 0.15) is 11.1 Å². The minimum atomic E-state index is -0.388. The Morgan fingerprint density at radius 3 is 2.52 bits per heavy atom. The summed E-state index contributed by atoms with van der Waals surface area (Å²) in [7, 11) is 0. The first-order chi connectivity index (χ1) is 14.5. The molecule has 2 N–H and O–H groups in total. The largest absolute Gasteiger partial charge is 0.312 e. The van der Waals surface area contributed by atoms with E-state index in [1.165, 1.54) is 17.4 Å². The molecule has 2 aliphatic rings. The molecule has 8 heteroatoms. The van der Waals surface area contributed by atoms with Gasteiger partial charge in [0.25, 0.3) is 5.91 Å². The first kappa shape index (κ1) is 21.2. The zero-order chi connectivity index (χ0) is 22.6. The lowest BCUT2D eigenvalue weighted by molar-refractivity contribution is -0.121. The Hall–Kier alpha value is -3.02. The number of rotatable bonds is 3. The molecule has 0 spiro atoms. The van der Waals surface area contributed by atoms with Gasteiger partial charge in [0.2, 0.25) is 11.8 Å². The topological polar surface area (TPSA) is 102 Å². The molecule has 3 heterocycles. The number of carbonyl (C=O) groups is 3. The SMILES string of the molecule is CC1(C)Cc2c(sc(NC(=O)c3cccc(N4C(=O)CCC4=O)c3)c2C#N)C(C)(C)N1. The lowest BCUT2D eigenvalue weighted by Gasteiger charge is -2.42. The van der Waals surface area contributed by atoms with Crippen molar-refractivity contribution in [2.45, 2.75) is 58.0 Å². The number of hydrogen-bond acceptors (Lipinski definition) is 6. The highest BCUT2D eigenvalue weighted by Gasteiger charge is 2.40. The highest BCUT2D eigenvalue weighted by atomic mass is 32.1. The van der Waals surface area contributed by atoms with Gasteiger partial charge in [-0.2, -0.15) is 5.26 Å². The van der Waals surface area contributed by atoms with Crippen molar-refractivity contribution in [1.82, 2.24) is 5.32 Å². The van der Waals surface area contributed by atoms with Crippen molar-refractivity contribution in [2.24, 2.45) is 0 Å². The van der Waals surface area contributed by atoms with E-state index in [9.17, 15) is 19.6 Å². The standard InChI is InChI=1S/C23H24N4O3S/c1-22(2)11-15-16(12-24)21(31-19(15)23(3,4)26-22)25-20(30)13-6-5-7-14(10-13)27-17(28)8-9-18(27)29/h5-7,10,26H,8-9,11H2,1-4H3,(H,25,30). The van der Waals surface area contributed by atoms with Gasteiger partial charge in [0.05, 0.1) is 11.3 Å². The minimum Gasteiger partial charge on any atom is -0.312 e. The number of carbonyl (C=O) groups excluding carboxylic acids is 3. The molecule has 4 rings (SSSR count). The molecule has 2 aliphatic heterocycles. The van der Waals surface area contributed by atoms with Gasteiger partial charge in [-0.15, -0.1) is 11.3 Å². The van der Waals surface area contributed by atoms with Crippen LogP contribution in [-0.4, -0.2) is 23.3 Å². The van der Waals surface area contributed by atoms with Crippen LogP contribution in [0.3, 0.4) is 0 Å². The molecule has 160 valence electrons. The lowest BCUT2D eigenvalue weighted by Crippen LogP contribution is -2.54. The molecule has 0 unspecified atom stereocenters. The average molecular weight is 437 g/mol. The fraction of sp³-hybridized carbons (Fsp3) is 0.391. The molecule has 0 saturated carbocycles. The summed E-state index contributed by atoms with van der Waals surface area (Å²) in [6.45, 7) is 8.34. The van der Waals surface area contributed by atoms with Crippen LogP contribution in [0.25, 0.3) is 0 Å². The van der Waals surface area contributed by atoms with Gasteiger partial charge >= 0.3 is 0 Å². The predicted octanol–water partition coefficient (Wildman–Crippen LogP) is 3.68. The fourth-order valence-electron chi connectivity index (χ4n) is 4.56. The van der Waals surface area contributed by atoms with E-state index >= 15 is 0 Å². The quantitative estimate of drug-likeness (QED) is 0.715. The summed E-state index contributed by atoms with van der Waals surface area (Å²) >= 11 is 1.41. The molecule has 1 aromatic heterocycles. The van der Waals surface area contributed by atoms with Crippen LogP contribution in [0.1, 0.15) is 66.9 Å². The number of nitrogens with one attached hydrogen (secondary N) is 2. The van der Waals surface area contributed by atoms with Crippen molar-refractivity contribution in [2.75, 3.05) is 10.2 Å². The summed E-state index contributed by atoms with van der Waals surface area (Å²) in [5.74, 6) is -0.920. The van der Waals surface area contributed by atoms with Crippen molar-refractivity contribution in [1.29, 1.82) is 5.26 Å². The summed E-state index contributed by atoms with van der Waals surface area (Å²) in [5.41, 5.74) is 1.67. The molecule has 0 atom stereocenters. The first-order valence-corrected chi connectivity index (χ1v) is 11.0. The fourth-order valence-corrected chi connectivity index (χ4v) is 5.78. The molecule has 0 aliphatic carbocycles. The van der Waals surface area contributed by atoms with Crippen LogP contribution < -0.4 is 15.5 Å². The van der Waals surface area contributed by atoms with Crippen molar-refractivity contribution < 1.29 is 14.4 Å². The van der Waals surface area contributed by atoms with E-state index in [1.807, 2.05) is 0 Å². The summed E-state index contributed by atoms with van der Waals surface area (Å²) < 4.78 is 0. The molecule has 2 aromatic rings. The second-order valence-corrected chi connectivity index (χ2v) is 10.2. The highest BCUT2D eigenvalue weighted by Crippen LogP contribution is 2.44. The molecule has 1 saturated heterocycles. The van der Waals surface area contributed by atoms with Gasteiger partial charge in [-0.3, -0.25) is 19.3 Å². The van der Waals surface area contributed by atoms with Gasteiger partial charge in [0, 0.05) is 34.4 Å². The van der Waals surface area contributed by atoms with Crippen LogP contribution in [0.15, 0.2) is 24.3 Å². The van der Waals surface area contributed by atoms with E-state index in [2.05, 4.69) is 44.4 Å². The molecule has 0 bridgehead atoms. The maximum atomic E-state index is 13.0. The Balaban J connectivity index is 1.66. The Bertz CT molecular complexity index is 1140. The molecule has 31 heavy (non-hydrogen) atoms. The van der Waals surface area contributed by atoms with Crippen LogP contribution in [-0.2, 0) is 21.5 Å². The number of nitriles is 1. The molecule has 1 fully saturated rings. The second-order valence-electron chi connectivity index (χ2n) is 9.16. The smallest absolute Gasteiger partial charge is 0.256 e. The third-order valence-electron chi connectivity index (χ3n) is 5.60. The summed E-state index contributed by atoms with van der Waals surface area (Å²) in [5, 5.41) is 16.8. The zero-order valence-corrected chi connectivity index (χ0v) is 18.8. The van der Waals surface area contributed by atoms with Crippen molar-refractivity contribution >= 4 is 39.7 Å². The lowest BCUT2D eigenvalue weighted by atomic mass is 9.81. The van der Waals surface area contributed by atoms with E-state index in [-0.39, 0.29) is 41.6 Å². The van der Waals surface area contributed by atoms with Crippen molar-refractivity contribution in [3.05, 3.63) is 45.8 Å². The van der Waals surface area contributed by atoms with Gasteiger partial charge in [0.15, 0.2) is 0 Å². The third kappa shape index (κ3) is 3.75. The van der Waals surface area contributed by atoms with Gasteiger partial charge in [-0.05, 0) is 57.9 Å². The van der Waals surface area contributed by atoms with E-state index < -0.39 is 0 Å². The number of imide groups is 1. The predicted molar refractivity (Wildman–Crippen MR) is 119 cm³/mol. The number of thiophene rings is 1. The van der Waals surface area contributed by atoms with Crippen molar-refractivity contribution in [3.8, 4) is 6.07 Å². The van der Waals surface area contributed by atoms with Crippen LogP contribution in [0.5, 0.6) is 0 Å². The number of nitrogens with zero attached hydrogens (tertiary/aromatic N) is 2. The number of benzene rings is 1. The molecule has 3 amide bonds. The normalized spacial score (nSPS) is 19.1. The van der Waals surface area contributed by atoms with Crippen molar-refractivity contribution in [3.63, 3.8) is 0 Å². The molecular formula is C23H24N4O3S. The number of amides is 3. The summed E-state index contributed by atoms with van der Waals surface area (Å²) in [6.07, 6.45) is 1.05. The number of anilines is 2. The van der Waals surface area contributed by atoms with Crippen LogP contribution in [0.2, 0.25) is 0 Å². The maximum Gasteiger partial charge on any atom is 0.256 e. The van der Waals surface area contributed by atoms with E-state index in [0.717, 1.165) is 15.3 Å². The molecular weight excluding hydrogens is 412 g/mol. The van der Waals surface area contributed by atoms with E-state index in [0.29, 0.717) is 28.2 Å². The second kappa shape index (κ2) is 7.29. The zero-order valence-electron chi connectivity index (χ0n) is 18.0. The summed E-state index contributed by atoms with van der Waals surface area (Å²) in [6, 6.07) is 8.71. The minimum absolute atomic E-state index is 0.173. The van der Waals surface area contributed by atoms with Crippen LogP contribution in [0.4, 0.5) is 10.7 Å². The van der Waals surface area contributed by atoms with E-state index in [4.69, 9.17) is 0 Å². The van der Waals surface area contributed by atoms with Crippen LogP contribution in [0, 0.1) is 11.3 Å². The summed E-state index contributed by atoms with van der Waals surface area (Å²) in [4.78, 5) is 39.2. The van der Waals surface area contributed by atoms with Gasteiger partial charge in [-0.25, -0.2) is 0 Å². The number of hydrogen-bond donors (Lipinski definition) is 2. The monoisotopic (exact) mass is 436 g/mol. The third-order valence-corrected chi connectivity index (χ3v) is 7.07. The molecule has 1 aromatic carbocycles. The van der Waals surface area contributed by atoms with E-state index in [1.54, 1.807) is 18.2 Å². The average Bonchev–Trinajstić information content (AvgIpc) is 3.19. The Morgan fingerprint density at radius 1 is 1.19 bits per heavy atom. The Kier molecular flexibility index (Phi) is 4.99. The maximum absolute atomic E-state index is 13.0. The Labute approximate surface area is 185 Å². The molecule has 7 nitrogen and oxygen atoms in total. The molecule has 0 radical (unpaired) electrons. The number of fused-ring (bicyclic) bond motifs is 1.